The molecule has 0 aliphatic carbocycles. The molecule has 0 amide bonds. The Morgan fingerprint density at radius 1 is 1.73 bits per heavy atom. The van der Waals surface area contributed by atoms with Crippen molar-refractivity contribution >= 4 is 8.48 Å². The van der Waals surface area contributed by atoms with E-state index in [0.29, 0.717) is 5.92 Å². The summed E-state index contributed by atoms with van der Waals surface area (Å²) >= 11 is 0. The van der Waals surface area contributed by atoms with E-state index in [9.17, 15) is 5.11 Å². The van der Waals surface area contributed by atoms with Crippen molar-refractivity contribution in [3.05, 3.63) is 0 Å². The quantitative estimate of drug-likeness (QED) is 0.608. The molecule has 0 aromatic carbocycles. The van der Waals surface area contributed by atoms with Crippen molar-refractivity contribution < 1.29 is 9.53 Å². The second-order valence-corrected chi connectivity index (χ2v) is 7.29. The number of aliphatic hydroxyl groups is 1. The van der Waals surface area contributed by atoms with E-state index < -0.39 is 8.48 Å². The van der Waals surface area contributed by atoms with E-state index in [1.807, 2.05) is 0 Å². The molecule has 1 N–H and O–H groups in total. The summed E-state index contributed by atoms with van der Waals surface area (Å²) in [4.78, 5) is 0. The molecule has 2 atom stereocenters. The maximum atomic E-state index is 9.20. The molecule has 1 aliphatic heterocycles. The lowest BCUT2D eigenvalue weighted by Gasteiger charge is -2.29. The van der Waals surface area contributed by atoms with Crippen molar-refractivity contribution in [1.82, 2.24) is 4.57 Å². The van der Waals surface area contributed by atoms with Crippen LogP contribution in [0.3, 0.4) is 0 Å². The summed E-state index contributed by atoms with van der Waals surface area (Å²) in [5.41, 5.74) is 0. The molecule has 0 saturated carbocycles. The molecule has 0 radical (unpaired) electrons. The average Bonchev–Trinajstić information content (AvgIpc) is 2.27. The van der Waals surface area contributed by atoms with Gasteiger partial charge in [-0.15, -0.1) is 0 Å². The smallest absolute Gasteiger partial charge is 0.297 e. The van der Waals surface area contributed by atoms with Gasteiger partial charge in [0.05, 0.1) is 6.23 Å². The summed E-state index contributed by atoms with van der Waals surface area (Å²) in [6.07, 6.45) is 0.227. The van der Waals surface area contributed by atoms with Gasteiger partial charge in [-0.3, -0.25) is 0 Å². The summed E-state index contributed by atoms with van der Waals surface area (Å²) in [7, 11) is 1.91. The summed E-state index contributed by atoms with van der Waals surface area (Å²) in [6.45, 7) is 3.28. The molecule has 4 heteroatoms. The lowest BCUT2D eigenvalue weighted by atomic mass is 10.2. The number of hydrogen-bond donors (Lipinski definition) is 1. The largest absolute Gasteiger partial charge is 0.405 e. The van der Waals surface area contributed by atoms with Crippen LogP contribution in [-0.4, -0.2) is 45.1 Å². The normalized spacial score (nSPS) is 39.8. The zero-order valence-corrected chi connectivity index (χ0v) is 8.50. The van der Waals surface area contributed by atoms with Crippen LogP contribution in [0.25, 0.3) is 0 Å². The van der Waals surface area contributed by atoms with E-state index in [4.69, 9.17) is 4.43 Å². The van der Waals surface area contributed by atoms with E-state index in [1.54, 1.807) is 7.11 Å². The van der Waals surface area contributed by atoms with Crippen molar-refractivity contribution in [1.29, 1.82) is 0 Å². The lowest BCUT2D eigenvalue weighted by Crippen LogP contribution is -2.52. The van der Waals surface area contributed by atoms with Crippen molar-refractivity contribution in [3.63, 3.8) is 0 Å². The zero-order chi connectivity index (χ0) is 8.48. The molecule has 0 bridgehead atoms. The van der Waals surface area contributed by atoms with Crippen molar-refractivity contribution in [2.45, 2.75) is 13.0 Å². The predicted octanol–water partition coefficient (Wildman–Crippen LogP) is 0.188. The van der Waals surface area contributed by atoms with Crippen LogP contribution in [0.15, 0.2) is 0 Å². The van der Waals surface area contributed by atoms with Gasteiger partial charge >= 0.3 is 0 Å². The van der Waals surface area contributed by atoms with Crippen LogP contribution in [0.1, 0.15) is 6.92 Å². The van der Waals surface area contributed by atoms with Gasteiger partial charge in [0.1, 0.15) is 0 Å². The van der Waals surface area contributed by atoms with Gasteiger partial charge in [-0.25, -0.2) is 0 Å². The minimum absolute atomic E-state index is 0.227. The monoisotopic (exact) mass is 175 g/mol. The van der Waals surface area contributed by atoms with Crippen molar-refractivity contribution in [2.24, 2.45) is 5.92 Å². The van der Waals surface area contributed by atoms with E-state index in [2.05, 4.69) is 18.5 Å². The Bertz CT molecular complexity index is 138. The minimum atomic E-state index is -1.86. The molecule has 2 unspecified atom stereocenters. The highest BCUT2D eigenvalue weighted by Gasteiger charge is 2.45. The van der Waals surface area contributed by atoms with Crippen LogP contribution in [0, 0.1) is 5.92 Å². The van der Waals surface area contributed by atoms with Crippen LogP contribution in [0.2, 0.25) is 6.04 Å². The van der Waals surface area contributed by atoms with E-state index in [0.717, 1.165) is 12.6 Å². The van der Waals surface area contributed by atoms with Gasteiger partial charge in [0.25, 0.3) is 8.48 Å². The number of hydrogen-bond acceptors (Lipinski definition) is 3. The number of aliphatic hydroxyl groups excluding tert-OH is 1. The first-order chi connectivity index (χ1) is 5.14. The van der Waals surface area contributed by atoms with Crippen LogP contribution < -0.4 is 0 Å². The highest BCUT2D eigenvalue weighted by molar-refractivity contribution is 6.71. The molecule has 11 heavy (non-hydrogen) atoms. The van der Waals surface area contributed by atoms with Gasteiger partial charge in [0.2, 0.25) is 0 Å². The van der Waals surface area contributed by atoms with Crippen molar-refractivity contribution in [2.75, 3.05) is 26.9 Å². The SMILES string of the molecule is CO[Si]1(CO)CC(C)CN1C. The average molecular weight is 175 g/mol. The van der Waals surface area contributed by atoms with Crippen molar-refractivity contribution in [3.8, 4) is 0 Å². The summed E-state index contributed by atoms with van der Waals surface area (Å²) in [5, 5.41) is 9.20. The van der Waals surface area contributed by atoms with Crippen LogP contribution in [0.4, 0.5) is 0 Å². The fraction of sp³-hybridized carbons (Fsp3) is 1.00. The maximum absolute atomic E-state index is 9.20. The third kappa shape index (κ3) is 1.49. The fourth-order valence-electron chi connectivity index (χ4n) is 1.89. The zero-order valence-electron chi connectivity index (χ0n) is 7.50. The summed E-state index contributed by atoms with van der Waals surface area (Å²) in [5.74, 6) is 0.679. The minimum Gasteiger partial charge on any atom is -0.405 e. The van der Waals surface area contributed by atoms with Gasteiger partial charge in [-0.05, 0) is 25.6 Å². The Labute approximate surface area is 69.2 Å². The third-order valence-electron chi connectivity index (χ3n) is 2.58. The molecule has 0 aromatic rings. The fourth-order valence-corrected chi connectivity index (χ4v) is 5.04. The molecule has 1 rings (SSSR count). The first-order valence-electron chi connectivity index (χ1n) is 4.02. The van der Waals surface area contributed by atoms with E-state index in [-0.39, 0.29) is 6.23 Å². The molecule has 66 valence electrons. The second kappa shape index (κ2) is 3.22. The summed E-state index contributed by atoms with van der Waals surface area (Å²) in [6, 6.07) is 1.07. The van der Waals surface area contributed by atoms with Gasteiger partial charge < -0.3 is 14.1 Å². The molecule has 3 nitrogen and oxygen atoms in total. The Morgan fingerprint density at radius 3 is 2.55 bits per heavy atom. The first-order valence-corrected chi connectivity index (χ1v) is 6.29. The Kier molecular flexibility index (Phi) is 2.69. The Balaban J connectivity index is 2.67. The molecule has 1 saturated heterocycles. The Hall–Kier alpha value is 0.0969. The number of nitrogens with zero attached hydrogens (tertiary/aromatic N) is 1. The maximum Gasteiger partial charge on any atom is 0.297 e. The topological polar surface area (TPSA) is 32.7 Å². The lowest BCUT2D eigenvalue weighted by molar-refractivity contribution is 0.262. The molecule has 1 aliphatic rings. The van der Waals surface area contributed by atoms with Gasteiger partial charge in [-0.2, -0.15) is 0 Å². The second-order valence-electron chi connectivity index (χ2n) is 3.50. The predicted molar refractivity (Wildman–Crippen MR) is 46.4 cm³/mol. The molecular weight excluding hydrogens is 158 g/mol. The van der Waals surface area contributed by atoms with E-state index in [1.165, 1.54) is 0 Å². The molecule has 1 heterocycles. The first kappa shape index (κ1) is 9.19. The summed E-state index contributed by atoms with van der Waals surface area (Å²) < 4.78 is 7.67. The highest BCUT2D eigenvalue weighted by Crippen LogP contribution is 2.28. The molecule has 1 fully saturated rings. The van der Waals surface area contributed by atoms with Crippen LogP contribution in [-0.2, 0) is 4.43 Å². The van der Waals surface area contributed by atoms with Gasteiger partial charge in [0, 0.05) is 7.11 Å². The van der Waals surface area contributed by atoms with E-state index >= 15 is 0 Å². The Morgan fingerprint density at radius 2 is 2.36 bits per heavy atom. The van der Waals surface area contributed by atoms with Gasteiger partial charge in [-0.1, -0.05) is 6.92 Å². The van der Waals surface area contributed by atoms with Crippen LogP contribution in [0.5, 0.6) is 0 Å². The number of rotatable bonds is 2. The van der Waals surface area contributed by atoms with Crippen LogP contribution >= 0.6 is 0 Å². The standard InChI is InChI=1S/C7H17NO2Si/c1-7-4-8(2)11(5-7,6-9)10-3/h7,9H,4-6H2,1-3H3. The highest BCUT2D eigenvalue weighted by atomic mass is 28.4. The molecule has 0 aromatic heterocycles. The molecular formula is C7H17NO2Si. The third-order valence-corrected chi connectivity index (χ3v) is 6.74. The van der Waals surface area contributed by atoms with Gasteiger partial charge in [0.15, 0.2) is 0 Å². The molecule has 0 spiro atoms.